The van der Waals surface area contributed by atoms with E-state index in [0.717, 1.165) is 31.9 Å². The summed E-state index contributed by atoms with van der Waals surface area (Å²) in [6, 6.07) is 10.9. The van der Waals surface area contributed by atoms with Gasteiger partial charge in [-0.25, -0.2) is 0 Å². The molecule has 21 heavy (non-hydrogen) atoms. The summed E-state index contributed by atoms with van der Waals surface area (Å²) in [5, 5.41) is 6.72. The molecule has 0 aromatic heterocycles. The first-order chi connectivity index (χ1) is 9.67. The van der Waals surface area contributed by atoms with Gasteiger partial charge in [-0.1, -0.05) is 25.1 Å². The molecule has 0 saturated carbocycles. The van der Waals surface area contributed by atoms with Crippen molar-refractivity contribution < 1.29 is 0 Å². The SMILES string of the molecule is CCC(C)NC(=NC)NCCCN(C)c1ccccc1.I. The highest BCUT2D eigenvalue weighted by atomic mass is 127. The second-order valence-electron chi connectivity index (χ2n) is 5.06. The van der Waals surface area contributed by atoms with Crippen LogP contribution < -0.4 is 15.5 Å². The van der Waals surface area contributed by atoms with Crippen molar-refractivity contribution >= 4 is 35.6 Å². The molecule has 0 bridgehead atoms. The monoisotopic (exact) mass is 404 g/mol. The van der Waals surface area contributed by atoms with Crippen molar-refractivity contribution in [1.29, 1.82) is 0 Å². The van der Waals surface area contributed by atoms with Crippen molar-refractivity contribution in [3.8, 4) is 0 Å². The van der Waals surface area contributed by atoms with Gasteiger partial charge in [-0.15, -0.1) is 24.0 Å². The van der Waals surface area contributed by atoms with E-state index in [-0.39, 0.29) is 24.0 Å². The largest absolute Gasteiger partial charge is 0.375 e. The van der Waals surface area contributed by atoms with E-state index >= 15 is 0 Å². The molecule has 0 aliphatic heterocycles. The molecule has 0 aliphatic carbocycles. The number of nitrogens with one attached hydrogen (secondary N) is 2. The van der Waals surface area contributed by atoms with Gasteiger partial charge in [0.15, 0.2) is 5.96 Å². The fraction of sp³-hybridized carbons (Fsp3) is 0.562. The molecule has 1 unspecified atom stereocenters. The van der Waals surface area contributed by atoms with Crippen LogP contribution in [-0.2, 0) is 0 Å². The highest BCUT2D eigenvalue weighted by Crippen LogP contribution is 2.10. The molecule has 0 spiro atoms. The first-order valence-corrected chi connectivity index (χ1v) is 7.40. The number of rotatable bonds is 7. The van der Waals surface area contributed by atoms with E-state index in [1.165, 1.54) is 5.69 Å². The van der Waals surface area contributed by atoms with Gasteiger partial charge in [-0.2, -0.15) is 0 Å². The third-order valence-electron chi connectivity index (χ3n) is 3.38. The van der Waals surface area contributed by atoms with Crippen LogP contribution in [0.5, 0.6) is 0 Å². The first-order valence-electron chi connectivity index (χ1n) is 7.40. The van der Waals surface area contributed by atoms with Gasteiger partial charge in [0.05, 0.1) is 0 Å². The van der Waals surface area contributed by atoms with Crippen molar-refractivity contribution in [2.45, 2.75) is 32.7 Å². The fourth-order valence-electron chi connectivity index (χ4n) is 1.86. The molecule has 0 radical (unpaired) electrons. The maximum atomic E-state index is 4.23. The highest BCUT2D eigenvalue weighted by Gasteiger charge is 2.03. The van der Waals surface area contributed by atoms with Gasteiger partial charge in [0.2, 0.25) is 0 Å². The van der Waals surface area contributed by atoms with Crippen LogP contribution in [0.1, 0.15) is 26.7 Å². The standard InChI is InChI=1S/C16H28N4.HI/c1-5-14(2)19-16(17-3)18-12-9-13-20(4)15-10-7-6-8-11-15;/h6-8,10-11,14H,5,9,12-13H2,1-4H3,(H2,17,18,19);1H. The average Bonchev–Trinajstić information content (AvgIpc) is 2.50. The second-order valence-corrected chi connectivity index (χ2v) is 5.06. The minimum Gasteiger partial charge on any atom is -0.375 e. The van der Waals surface area contributed by atoms with Crippen LogP contribution in [-0.4, -0.2) is 39.2 Å². The van der Waals surface area contributed by atoms with Gasteiger partial charge in [-0.05, 0) is 31.9 Å². The predicted molar refractivity (Wildman–Crippen MR) is 104 cm³/mol. The molecule has 0 heterocycles. The van der Waals surface area contributed by atoms with Gasteiger partial charge >= 0.3 is 0 Å². The van der Waals surface area contributed by atoms with Crippen LogP contribution in [0.3, 0.4) is 0 Å². The molecule has 2 N–H and O–H groups in total. The zero-order valence-corrected chi connectivity index (χ0v) is 15.9. The van der Waals surface area contributed by atoms with Gasteiger partial charge < -0.3 is 15.5 Å². The molecule has 4 nitrogen and oxygen atoms in total. The maximum absolute atomic E-state index is 4.23. The molecule has 1 rings (SSSR count). The summed E-state index contributed by atoms with van der Waals surface area (Å²) in [6.45, 7) is 6.28. The predicted octanol–water partition coefficient (Wildman–Crippen LogP) is 3.09. The van der Waals surface area contributed by atoms with Crippen molar-refractivity contribution in [1.82, 2.24) is 10.6 Å². The molecule has 1 aromatic carbocycles. The Morgan fingerprint density at radius 3 is 2.52 bits per heavy atom. The summed E-state index contributed by atoms with van der Waals surface area (Å²) < 4.78 is 0. The van der Waals surface area contributed by atoms with Crippen molar-refractivity contribution in [3.05, 3.63) is 30.3 Å². The summed E-state index contributed by atoms with van der Waals surface area (Å²) in [7, 11) is 3.94. The van der Waals surface area contributed by atoms with Crippen LogP contribution in [0.4, 0.5) is 5.69 Å². The van der Waals surface area contributed by atoms with Gasteiger partial charge in [0.25, 0.3) is 0 Å². The van der Waals surface area contributed by atoms with Crippen molar-refractivity contribution in [2.75, 3.05) is 32.1 Å². The number of para-hydroxylation sites is 1. The lowest BCUT2D eigenvalue weighted by molar-refractivity contribution is 0.620. The van der Waals surface area contributed by atoms with Crippen LogP contribution in [0.2, 0.25) is 0 Å². The third-order valence-corrected chi connectivity index (χ3v) is 3.38. The Morgan fingerprint density at radius 2 is 1.95 bits per heavy atom. The lowest BCUT2D eigenvalue weighted by atomic mass is 10.2. The zero-order chi connectivity index (χ0) is 14.8. The molecule has 5 heteroatoms. The quantitative estimate of drug-likeness (QED) is 0.318. The zero-order valence-electron chi connectivity index (χ0n) is 13.6. The average molecular weight is 404 g/mol. The van der Waals surface area contributed by atoms with E-state index in [1.54, 1.807) is 0 Å². The number of anilines is 1. The summed E-state index contributed by atoms with van der Waals surface area (Å²) >= 11 is 0. The molecule has 0 aliphatic rings. The molecule has 0 saturated heterocycles. The Kier molecular flexibility index (Phi) is 11.1. The number of nitrogens with zero attached hydrogens (tertiary/aromatic N) is 2. The van der Waals surface area contributed by atoms with Crippen LogP contribution in [0, 0.1) is 0 Å². The number of halogens is 1. The molecule has 120 valence electrons. The van der Waals surface area contributed by atoms with E-state index in [9.17, 15) is 0 Å². The lowest BCUT2D eigenvalue weighted by Gasteiger charge is -2.20. The minimum atomic E-state index is 0. The van der Waals surface area contributed by atoms with Gasteiger partial charge in [0.1, 0.15) is 0 Å². The topological polar surface area (TPSA) is 39.7 Å². The Balaban J connectivity index is 0.00000400. The van der Waals surface area contributed by atoms with Gasteiger partial charge in [0, 0.05) is 38.9 Å². The first kappa shape index (κ1) is 20.0. The van der Waals surface area contributed by atoms with Crippen molar-refractivity contribution in [3.63, 3.8) is 0 Å². The maximum Gasteiger partial charge on any atom is 0.191 e. The van der Waals surface area contributed by atoms with E-state index in [2.05, 4.69) is 65.7 Å². The molecule has 1 aromatic rings. The number of hydrogen-bond acceptors (Lipinski definition) is 2. The fourth-order valence-corrected chi connectivity index (χ4v) is 1.86. The summed E-state index contributed by atoms with van der Waals surface area (Å²) in [5.74, 6) is 0.890. The molecule has 1 atom stereocenters. The highest BCUT2D eigenvalue weighted by molar-refractivity contribution is 14.0. The third kappa shape index (κ3) is 8.14. The molecular formula is C16H29IN4. The van der Waals surface area contributed by atoms with Crippen LogP contribution in [0.25, 0.3) is 0 Å². The Bertz CT molecular complexity index is 395. The van der Waals surface area contributed by atoms with Crippen LogP contribution >= 0.6 is 24.0 Å². The molecular weight excluding hydrogens is 375 g/mol. The van der Waals surface area contributed by atoms with E-state index < -0.39 is 0 Å². The van der Waals surface area contributed by atoms with E-state index in [0.29, 0.717) is 6.04 Å². The second kappa shape index (κ2) is 11.7. The normalized spacial score (nSPS) is 12.3. The number of hydrogen-bond donors (Lipinski definition) is 2. The lowest BCUT2D eigenvalue weighted by Crippen LogP contribution is -2.42. The smallest absolute Gasteiger partial charge is 0.191 e. The Hall–Kier alpha value is -0.980. The summed E-state index contributed by atoms with van der Waals surface area (Å²) in [5.41, 5.74) is 1.26. The summed E-state index contributed by atoms with van der Waals surface area (Å²) in [6.07, 6.45) is 2.17. The number of aliphatic imine (C=N–C) groups is 1. The molecule has 0 fully saturated rings. The van der Waals surface area contributed by atoms with Crippen molar-refractivity contribution in [2.24, 2.45) is 4.99 Å². The van der Waals surface area contributed by atoms with E-state index in [1.807, 2.05) is 13.1 Å². The summed E-state index contributed by atoms with van der Waals surface area (Å²) in [4.78, 5) is 6.50. The Labute approximate surface area is 146 Å². The number of guanidine groups is 1. The molecule has 0 amide bonds. The Morgan fingerprint density at radius 1 is 1.29 bits per heavy atom. The van der Waals surface area contributed by atoms with E-state index in [4.69, 9.17) is 0 Å². The minimum absolute atomic E-state index is 0. The van der Waals surface area contributed by atoms with Gasteiger partial charge in [-0.3, -0.25) is 4.99 Å². The van der Waals surface area contributed by atoms with Crippen LogP contribution in [0.15, 0.2) is 35.3 Å². The number of benzene rings is 1.